The molecule has 18 heavy (non-hydrogen) atoms. The number of sulfonamides is 1. The van der Waals surface area contributed by atoms with Gasteiger partial charge in [-0.15, -0.1) is 0 Å². The number of carbonyl (C=O) groups is 1. The molecule has 0 heterocycles. The number of ether oxygens (including phenoxy) is 1. The molecule has 0 radical (unpaired) electrons. The van der Waals surface area contributed by atoms with Gasteiger partial charge in [-0.3, -0.25) is 4.72 Å². The molecule has 0 saturated carbocycles. The van der Waals surface area contributed by atoms with Gasteiger partial charge in [0.25, 0.3) is 0 Å². The number of hydrogen-bond acceptors (Lipinski definition) is 4. The maximum Gasteiger partial charge on any atom is 0.335 e. The number of halogens is 1. The van der Waals surface area contributed by atoms with Crippen molar-refractivity contribution in [2.24, 2.45) is 0 Å². The minimum atomic E-state index is -3.61. The summed E-state index contributed by atoms with van der Waals surface area (Å²) in [5.74, 6) is -1.40. The van der Waals surface area contributed by atoms with E-state index in [-0.39, 0.29) is 28.6 Å². The summed E-state index contributed by atoms with van der Waals surface area (Å²) in [6, 6.07) is 3.77. The van der Waals surface area contributed by atoms with Crippen LogP contribution >= 0.6 is 11.6 Å². The third-order valence-electron chi connectivity index (χ3n) is 2.03. The summed E-state index contributed by atoms with van der Waals surface area (Å²) >= 11 is 5.79. The molecule has 0 aliphatic heterocycles. The highest BCUT2D eigenvalue weighted by atomic mass is 35.5. The fraction of sp³-hybridized carbons (Fsp3) is 0.300. The van der Waals surface area contributed by atoms with Crippen molar-refractivity contribution in [2.75, 3.05) is 24.2 Å². The zero-order valence-electron chi connectivity index (χ0n) is 9.51. The lowest BCUT2D eigenvalue weighted by molar-refractivity contribution is 0.0697. The molecule has 0 atom stereocenters. The number of benzene rings is 1. The van der Waals surface area contributed by atoms with Crippen LogP contribution in [-0.2, 0) is 14.8 Å². The van der Waals surface area contributed by atoms with E-state index in [1.165, 1.54) is 19.2 Å². The van der Waals surface area contributed by atoms with Gasteiger partial charge in [0.1, 0.15) is 0 Å². The quantitative estimate of drug-likeness (QED) is 0.827. The number of carboxylic acid groups (broad SMARTS) is 1. The summed E-state index contributed by atoms with van der Waals surface area (Å²) < 4.78 is 30.1. The third kappa shape index (κ3) is 4.17. The number of rotatable bonds is 6. The van der Waals surface area contributed by atoms with Gasteiger partial charge in [-0.1, -0.05) is 11.6 Å². The number of nitrogens with one attached hydrogen (secondary N) is 1. The molecule has 0 aliphatic carbocycles. The first kappa shape index (κ1) is 14.7. The topological polar surface area (TPSA) is 92.7 Å². The van der Waals surface area contributed by atoms with E-state index in [0.717, 1.165) is 6.07 Å². The molecule has 100 valence electrons. The summed E-state index contributed by atoms with van der Waals surface area (Å²) in [6.45, 7) is 0.0333. The van der Waals surface area contributed by atoms with Gasteiger partial charge in [0.15, 0.2) is 0 Å². The molecule has 0 aliphatic rings. The zero-order valence-corrected chi connectivity index (χ0v) is 11.1. The molecule has 2 N–H and O–H groups in total. The molecule has 1 aromatic rings. The first-order valence-electron chi connectivity index (χ1n) is 4.88. The van der Waals surface area contributed by atoms with Gasteiger partial charge < -0.3 is 9.84 Å². The molecule has 0 unspecified atom stereocenters. The maximum atomic E-state index is 11.6. The van der Waals surface area contributed by atoms with Crippen molar-refractivity contribution in [3.8, 4) is 0 Å². The van der Waals surface area contributed by atoms with Crippen LogP contribution in [-0.4, -0.2) is 39.0 Å². The fourth-order valence-electron chi connectivity index (χ4n) is 1.15. The van der Waals surface area contributed by atoms with E-state index in [9.17, 15) is 13.2 Å². The van der Waals surface area contributed by atoms with Crippen LogP contribution in [0.3, 0.4) is 0 Å². The van der Waals surface area contributed by atoms with Crippen molar-refractivity contribution in [1.29, 1.82) is 0 Å². The summed E-state index contributed by atoms with van der Waals surface area (Å²) in [5, 5.41) is 8.93. The highest BCUT2D eigenvalue weighted by molar-refractivity contribution is 7.92. The Morgan fingerprint density at radius 1 is 1.50 bits per heavy atom. The SMILES string of the molecule is COCCS(=O)(=O)Nc1cc(C(=O)O)ccc1Cl. The van der Waals surface area contributed by atoms with Crippen LogP contribution in [0.2, 0.25) is 5.02 Å². The molecule has 8 heteroatoms. The predicted octanol–water partition coefficient (Wildman–Crippen LogP) is 1.43. The van der Waals surface area contributed by atoms with Crippen LogP contribution in [0.25, 0.3) is 0 Å². The Morgan fingerprint density at radius 2 is 2.17 bits per heavy atom. The van der Waals surface area contributed by atoms with E-state index < -0.39 is 16.0 Å². The Bertz CT molecular complexity index is 543. The Kier molecular flexibility index (Phi) is 4.94. The fourth-order valence-corrected chi connectivity index (χ4v) is 2.36. The Hall–Kier alpha value is -1.31. The van der Waals surface area contributed by atoms with Gasteiger partial charge in [0, 0.05) is 7.11 Å². The van der Waals surface area contributed by atoms with Gasteiger partial charge in [-0.25, -0.2) is 13.2 Å². The zero-order chi connectivity index (χ0) is 13.8. The van der Waals surface area contributed by atoms with Crippen LogP contribution in [0.1, 0.15) is 10.4 Å². The van der Waals surface area contributed by atoms with E-state index in [4.69, 9.17) is 16.7 Å². The van der Waals surface area contributed by atoms with Crippen molar-refractivity contribution in [3.63, 3.8) is 0 Å². The highest BCUT2D eigenvalue weighted by Gasteiger charge is 2.14. The van der Waals surface area contributed by atoms with Gasteiger partial charge in [-0.2, -0.15) is 0 Å². The Balaban J connectivity index is 2.96. The number of aromatic carboxylic acids is 1. The van der Waals surface area contributed by atoms with Gasteiger partial charge in [0.05, 0.1) is 28.6 Å². The number of hydrogen-bond donors (Lipinski definition) is 2. The summed E-state index contributed by atoms with van der Waals surface area (Å²) in [5.41, 5.74) is -0.0171. The minimum Gasteiger partial charge on any atom is -0.478 e. The van der Waals surface area contributed by atoms with E-state index in [1.807, 2.05) is 0 Å². The molecule has 0 amide bonds. The van der Waals surface area contributed by atoms with Crippen LogP contribution in [0.4, 0.5) is 5.69 Å². The summed E-state index contributed by atoms with van der Waals surface area (Å²) in [4.78, 5) is 10.8. The van der Waals surface area contributed by atoms with Crippen LogP contribution in [0, 0.1) is 0 Å². The molecule has 6 nitrogen and oxygen atoms in total. The van der Waals surface area contributed by atoms with Gasteiger partial charge in [-0.05, 0) is 18.2 Å². The number of methoxy groups -OCH3 is 1. The van der Waals surface area contributed by atoms with Crippen molar-refractivity contribution < 1.29 is 23.1 Å². The summed E-state index contributed by atoms with van der Waals surface area (Å²) in [7, 11) is -2.23. The second kappa shape index (κ2) is 6.03. The molecule has 0 fully saturated rings. The van der Waals surface area contributed by atoms with Gasteiger partial charge in [0.2, 0.25) is 10.0 Å². The second-order valence-electron chi connectivity index (χ2n) is 3.41. The molecular weight excluding hydrogens is 282 g/mol. The highest BCUT2D eigenvalue weighted by Crippen LogP contribution is 2.24. The molecule has 0 bridgehead atoms. The van der Waals surface area contributed by atoms with E-state index in [0.29, 0.717) is 0 Å². The predicted molar refractivity (Wildman–Crippen MR) is 67.7 cm³/mol. The molecule has 0 aromatic heterocycles. The van der Waals surface area contributed by atoms with E-state index >= 15 is 0 Å². The first-order chi connectivity index (χ1) is 8.35. The molecule has 1 rings (SSSR count). The molecule has 1 aromatic carbocycles. The minimum absolute atomic E-state index is 0.0333. The molecule has 0 saturated heterocycles. The van der Waals surface area contributed by atoms with Crippen molar-refractivity contribution in [3.05, 3.63) is 28.8 Å². The normalized spacial score (nSPS) is 11.2. The average molecular weight is 294 g/mol. The van der Waals surface area contributed by atoms with Crippen LogP contribution < -0.4 is 4.72 Å². The first-order valence-corrected chi connectivity index (χ1v) is 6.91. The number of anilines is 1. The average Bonchev–Trinajstić information content (AvgIpc) is 2.29. The lowest BCUT2D eigenvalue weighted by Crippen LogP contribution is -2.20. The van der Waals surface area contributed by atoms with Gasteiger partial charge >= 0.3 is 5.97 Å². The standard InChI is InChI=1S/C10H12ClNO5S/c1-17-4-5-18(15,16)12-9-6-7(10(13)14)2-3-8(9)11/h2-3,6,12H,4-5H2,1H3,(H,13,14). The molecule has 0 spiro atoms. The molecular formula is C10H12ClNO5S. The van der Waals surface area contributed by atoms with E-state index in [1.54, 1.807) is 0 Å². The van der Waals surface area contributed by atoms with Crippen molar-refractivity contribution in [2.45, 2.75) is 0 Å². The Labute approximate surface area is 110 Å². The monoisotopic (exact) mass is 293 g/mol. The lowest BCUT2D eigenvalue weighted by atomic mass is 10.2. The van der Waals surface area contributed by atoms with Crippen LogP contribution in [0.15, 0.2) is 18.2 Å². The largest absolute Gasteiger partial charge is 0.478 e. The third-order valence-corrected chi connectivity index (χ3v) is 3.60. The summed E-state index contributed by atoms with van der Waals surface area (Å²) in [6.07, 6.45) is 0. The van der Waals surface area contributed by atoms with Crippen LogP contribution in [0.5, 0.6) is 0 Å². The van der Waals surface area contributed by atoms with E-state index in [2.05, 4.69) is 9.46 Å². The van der Waals surface area contributed by atoms with Crippen molar-refractivity contribution in [1.82, 2.24) is 0 Å². The maximum absolute atomic E-state index is 11.6. The number of carboxylic acids is 1. The Morgan fingerprint density at radius 3 is 2.72 bits per heavy atom. The lowest BCUT2D eigenvalue weighted by Gasteiger charge is -2.09. The smallest absolute Gasteiger partial charge is 0.335 e. The van der Waals surface area contributed by atoms with Crippen molar-refractivity contribution >= 4 is 33.3 Å². The second-order valence-corrected chi connectivity index (χ2v) is 5.66.